The minimum absolute atomic E-state index is 0.296. The van der Waals surface area contributed by atoms with E-state index in [2.05, 4.69) is 15.9 Å². The number of aryl methyl sites for hydroxylation is 1. The third-order valence-electron chi connectivity index (χ3n) is 2.86. The molecule has 0 unspecified atom stereocenters. The van der Waals surface area contributed by atoms with Crippen LogP contribution in [0.1, 0.15) is 22.8 Å². The number of benzene rings is 2. The van der Waals surface area contributed by atoms with Gasteiger partial charge >= 0.3 is 5.97 Å². The Morgan fingerprint density at radius 3 is 2.57 bits per heavy atom. The van der Waals surface area contributed by atoms with Crippen LogP contribution >= 0.6 is 15.9 Å². The van der Waals surface area contributed by atoms with Gasteiger partial charge in [-0.3, -0.25) is 0 Å². The Balaban J connectivity index is 2.37. The number of hydrogen-bond donors (Lipinski definition) is 1. The number of halogens is 1. The molecule has 2 aromatic rings. The van der Waals surface area contributed by atoms with Gasteiger partial charge in [-0.05, 0) is 55.8 Å². The van der Waals surface area contributed by atoms with Gasteiger partial charge in [0.25, 0.3) is 0 Å². The maximum Gasteiger partial charge on any atom is 0.342 e. The Bertz CT molecular complexity index is 671. The molecule has 0 aromatic heterocycles. The molecule has 0 spiro atoms. The summed E-state index contributed by atoms with van der Waals surface area (Å²) in [6, 6.07) is 10.6. The van der Waals surface area contributed by atoms with Crippen LogP contribution in [0.25, 0.3) is 0 Å². The first-order valence-electron chi connectivity index (χ1n) is 6.52. The minimum atomic E-state index is -0.449. The Morgan fingerprint density at radius 2 is 1.90 bits per heavy atom. The molecule has 0 aliphatic heterocycles. The Labute approximate surface area is 132 Å². The topological polar surface area (TPSA) is 61.5 Å². The van der Waals surface area contributed by atoms with Crippen LogP contribution in [-0.4, -0.2) is 12.6 Å². The monoisotopic (exact) mass is 349 g/mol. The van der Waals surface area contributed by atoms with Crippen LogP contribution in [0.15, 0.2) is 40.9 Å². The number of ether oxygens (including phenoxy) is 2. The molecule has 0 aliphatic rings. The number of anilines is 1. The fraction of sp³-hybridized carbons (Fsp3) is 0.188. The van der Waals surface area contributed by atoms with Gasteiger partial charge in [-0.2, -0.15) is 0 Å². The molecule has 4 nitrogen and oxygen atoms in total. The summed E-state index contributed by atoms with van der Waals surface area (Å²) in [7, 11) is 0. The van der Waals surface area contributed by atoms with Gasteiger partial charge in [-0.25, -0.2) is 4.79 Å². The van der Waals surface area contributed by atoms with Crippen LogP contribution in [0.2, 0.25) is 0 Å². The molecule has 0 radical (unpaired) electrons. The summed E-state index contributed by atoms with van der Waals surface area (Å²) >= 11 is 3.40. The molecule has 0 amide bonds. The van der Waals surface area contributed by atoms with E-state index in [1.54, 1.807) is 25.1 Å². The van der Waals surface area contributed by atoms with Crippen LogP contribution in [0.3, 0.4) is 0 Å². The van der Waals surface area contributed by atoms with Gasteiger partial charge in [0.1, 0.15) is 17.1 Å². The molecule has 0 fully saturated rings. The van der Waals surface area contributed by atoms with Crippen LogP contribution in [-0.2, 0) is 4.74 Å². The van der Waals surface area contributed by atoms with E-state index in [1.165, 1.54) is 0 Å². The van der Waals surface area contributed by atoms with E-state index in [0.717, 1.165) is 10.0 Å². The standard InChI is InChI=1S/C16H16BrNO3/c1-3-20-16(19)13-9-12(18)5-7-15(13)21-14-6-4-11(17)8-10(14)2/h4-9H,3,18H2,1-2H3. The Hall–Kier alpha value is -2.01. The normalized spacial score (nSPS) is 10.2. The highest BCUT2D eigenvalue weighted by atomic mass is 79.9. The van der Waals surface area contributed by atoms with Crippen molar-refractivity contribution in [2.24, 2.45) is 0 Å². The summed E-state index contributed by atoms with van der Waals surface area (Å²) in [5, 5.41) is 0. The van der Waals surface area contributed by atoms with Gasteiger partial charge in [0, 0.05) is 10.2 Å². The van der Waals surface area contributed by atoms with Gasteiger partial charge < -0.3 is 15.2 Å². The van der Waals surface area contributed by atoms with Crippen molar-refractivity contribution in [2.75, 3.05) is 12.3 Å². The van der Waals surface area contributed by atoms with Gasteiger partial charge in [-0.1, -0.05) is 15.9 Å². The summed E-state index contributed by atoms with van der Waals surface area (Å²) in [6.45, 7) is 3.98. The van der Waals surface area contributed by atoms with E-state index in [0.29, 0.717) is 29.4 Å². The van der Waals surface area contributed by atoms with E-state index in [9.17, 15) is 4.79 Å². The van der Waals surface area contributed by atoms with E-state index < -0.39 is 5.97 Å². The fourth-order valence-corrected chi connectivity index (χ4v) is 2.33. The molecule has 0 saturated carbocycles. The van der Waals surface area contributed by atoms with E-state index >= 15 is 0 Å². The van der Waals surface area contributed by atoms with Crippen molar-refractivity contribution in [1.82, 2.24) is 0 Å². The number of esters is 1. The van der Waals surface area contributed by atoms with Crippen molar-refractivity contribution in [3.8, 4) is 11.5 Å². The lowest BCUT2D eigenvalue weighted by molar-refractivity contribution is 0.0523. The molecule has 2 rings (SSSR count). The fourth-order valence-electron chi connectivity index (χ4n) is 1.85. The summed E-state index contributed by atoms with van der Waals surface area (Å²) in [4.78, 5) is 12.0. The number of carbonyl (C=O) groups excluding carboxylic acids is 1. The summed E-state index contributed by atoms with van der Waals surface area (Å²) in [6.07, 6.45) is 0. The number of rotatable bonds is 4. The van der Waals surface area contributed by atoms with Crippen LogP contribution in [0.5, 0.6) is 11.5 Å². The molecule has 0 bridgehead atoms. The predicted octanol–water partition coefficient (Wildman–Crippen LogP) is 4.31. The highest BCUT2D eigenvalue weighted by Gasteiger charge is 2.15. The van der Waals surface area contributed by atoms with Gasteiger partial charge in [0.2, 0.25) is 0 Å². The molecule has 2 N–H and O–H groups in total. The largest absolute Gasteiger partial charge is 0.462 e. The molecule has 5 heteroatoms. The summed E-state index contributed by atoms with van der Waals surface area (Å²) in [5.74, 6) is 0.649. The third-order valence-corrected chi connectivity index (χ3v) is 3.35. The highest BCUT2D eigenvalue weighted by molar-refractivity contribution is 9.10. The molecule has 0 heterocycles. The zero-order chi connectivity index (χ0) is 15.4. The first kappa shape index (κ1) is 15.4. The molecular weight excluding hydrogens is 334 g/mol. The summed E-state index contributed by atoms with van der Waals surface area (Å²) < 4.78 is 11.8. The Kier molecular flexibility index (Phi) is 4.85. The number of hydrogen-bond acceptors (Lipinski definition) is 4. The molecule has 0 atom stereocenters. The Morgan fingerprint density at radius 1 is 1.19 bits per heavy atom. The van der Waals surface area contributed by atoms with Crippen LogP contribution in [0.4, 0.5) is 5.69 Å². The number of nitrogens with two attached hydrogens (primary N) is 1. The molecule has 2 aromatic carbocycles. The van der Waals surface area contributed by atoms with E-state index in [-0.39, 0.29) is 0 Å². The van der Waals surface area contributed by atoms with E-state index in [4.69, 9.17) is 15.2 Å². The van der Waals surface area contributed by atoms with Gasteiger partial charge in [0.05, 0.1) is 6.61 Å². The first-order valence-corrected chi connectivity index (χ1v) is 7.31. The van der Waals surface area contributed by atoms with Crippen molar-refractivity contribution < 1.29 is 14.3 Å². The SMILES string of the molecule is CCOC(=O)c1cc(N)ccc1Oc1ccc(Br)cc1C. The molecule has 0 aliphatic carbocycles. The maximum atomic E-state index is 12.0. The van der Waals surface area contributed by atoms with Crippen LogP contribution in [0, 0.1) is 6.92 Å². The lowest BCUT2D eigenvalue weighted by atomic mass is 10.1. The second kappa shape index (κ2) is 6.63. The van der Waals surface area contributed by atoms with Crippen molar-refractivity contribution >= 4 is 27.6 Å². The van der Waals surface area contributed by atoms with E-state index in [1.807, 2.05) is 25.1 Å². The van der Waals surface area contributed by atoms with Crippen molar-refractivity contribution in [3.05, 3.63) is 52.0 Å². The minimum Gasteiger partial charge on any atom is -0.462 e. The molecule has 21 heavy (non-hydrogen) atoms. The smallest absolute Gasteiger partial charge is 0.342 e. The second-order valence-electron chi connectivity index (χ2n) is 4.49. The predicted molar refractivity (Wildman–Crippen MR) is 85.8 cm³/mol. The molecule has 0 saturated heterocycles. The lowest BCUT2D eigenvalue weighted by Gasteiger charge is -2.13. The highest BCUT2D eigenvalue weighted by Crippen LogP contribution is 2.31. The maximum absolute atomic E-state index is 12.0. The lowest BCUT2D eigenvalue weighted by Crippen LogP contribution is -2.07. The van der Waals surface area contributed by atoms with Gasteiger partial charge in [-0.15, -0.1) is 0 Å². The van der Waals surface area contributed by atoms with Crippen LogP contribution < -0.4 is 10.5 Å². The first-order chi connectivity index (χ1) is 10.0. The number of carbonyl (C=O) groups is 1. The molecule has 110 valence electrons. The molecular formula is C16H16BrNO3. The van der Waals surface area contributed by atoms with Crippen molar-refractivity contribution in [1.29, 1.82) is 0 Å². The number of nitrogen functional groups attached to an aromatic ring is 1. The zero-order valence-electron chi connectivity index (χ0n) is 11.9. The van der Waals surface area contributed by atoms with Gasteiger partial charge in [0.15, 0.2) is 0 Å². The van der Waals surface area contributed by atoms with Crippen molar-refractivity contribution in [2.45, 2.75) is 13.8 Å². The zero-order valence-corrected chi connectivity index (χ0v) is 13.4. The van der Waals surface area contributed by atoms with Crippen molar-refractivity contribution in [3.63, 3.8) is 0 Å². The quantitative estimate of drug-likeness (QED) is 0.659. The average Bonchev–Trinajstić information content (AvgIpc) is 2.43. The third kappa shape index (κ3) is 3.76. The second-order valence-corrected chi connectivity index (χ2v) is 5.40. The summed E-state index contributed by atoms with van der Waals surface area (Å²) in [5.41, 5.74) is 7.49. The average molecular weight is 350 g/mol.